The molecule has 1 heterocycles. The molecule has 3 rings (SSSR count). The molecule has 2 aromatic carbocycles. The minimum atomic E-state index is -3.91. The first-order valence-electron chi connectivity index (χ1n) is 10.6. The normalized spacial score (nSPS) is 15.1. The topological polar surface area (TPSA) is 104 Å². The Labute approximate surface area is 202 Å². The second kappa shape index (κ2) is 10.5. The van der Waals surface area contributed by atoms with Gasteiger partial charge in [-0.1, -0.05) is 40.2 Å². The first kappa shape index (κ1) is 24.9. The minimum Gasteiger partial charge on any atom is -0.355 e. The van der Waals surface area contributed by atoms with Crippen LogP contribution in [0.3, 0.4) is 0 Å². The van der Waals surface area contributed by atoms with Crippen LogP contribution in [0, 0.1) is 0 Å². The molecule has 33 heavy (non-hydrogen) atoms. The van der Waals surface area contributed by atoms with Gasteiger partial charge in [0.25, 0.3) is 15.9 Å². The lowest BCUT2D eigenvalue weighted by molar-refractivity contribution is -0.140. The van der Waals surface area contributed by atoms with Crippen molar-refractivity contribution in [1.82, 2.24) is 14.5 Å². The third-order valence-electron chi connectivity index (χ3n) is 5.45. The number of rotatable bonds is 9. The van der Waals surface area contributed by atoms with Crippen LogP contribution in [0.5, 0.6) is 0 Å². The van der Waals surface area contributed by atoms with Crippen LogP contribution in [0.4, 0.5) is 0 Å². The highest BCUT2D eigenvalue weighted by Gasteiger charge is 2.40. The van der Waals surface area contributed by atoms with E-state index in [1.165, 1.54) is 17.0 Å². The quantitative estimate of drug-likeness (QED) is 0.531. The van der Waals surface area contributed by atoms with Crippen molar-refractivity contribution in [3.8, 4) is 0 Å². The lowest BCUT2D eigenvalue weighted by Crippen LogP contribution is -2.47. The maximum Gasteiger partial charge on any atom is 0.269 e. The van der Waals surface area contributed by atoms with E-state index in [1.807, 2.05) is 24.3 Å². The van der Waals surface area contributed by atoms with Crippen molar-refractivity contribution >= 4 is 43.7 Å². The molecule has 0 aliphatic carbocycles. The molecule has 0 radical (unpaired) electrons. The molecule has 0 saturated carbocycles. The molecule has 3 amide bonds. The van der Waals surface area contributed by atoms with Crippen LogP contribution in [0.1, 0.15) is 42.6 Å². The van der Waals surface area contributed by atoms with Gasteiger partial charge in [0, 0.05) is 30.5 Å². The molecule has 1 aliphatic rings. The summed E-state index contributed by atoms with van der Waals surface area (Å²) in [6.07, 6.45) is 0.146. The number of nitrogens with zero attached hydrogens (tertiary/aromatic N) is 2. The summed E-state index contributed by atoms with van der Waals surface area (Å²) in [5, 5.41) is 2.73. The molecule has 1 atom stereocenters. The summed E-state index contributed by atoms with van der Waals surface area (Å²) in [4.78, 5) is 39.5. The molecular weight excluding hydrogens is 510 g/mol. The van der Waals surface area contributed by atoms with Gasteiger partial charge in [0.2, 0.25) is 11.8 Å². The SMILES string of the molecule is CCNC(=O)[C@H](C)N(Cc1ccc(Br)cc1)C(=O)CCCN1C(=O)c2ccccc2S1(=O)=O. The highest BCUT2D eigenvalue weighted by Crippen LogP contribution is 2.30. The second-order valence-corrected chi connectivity index (χ2v) is 10.4. The minimum absolute atomic E-state index is 0.00405. The summed E-state index contributed by atoms with van der Waals surface area (Å²) in [5.41, 5.74) is 1.00. The van der Waals surface area contributed by atoms with Crippen LogP contribution >= 0.6 is 15.9 Å². The Bertz CT molecular complexity index is 1150. The number of fused-ring (bicyclic) bond motifs is 1. The first-order valence-corrected chi connectivity index (χ1v) is 12.9. The van der Waals surface area contributed by atoms with Gasteiger partial charge < -0.3 is 10.2 Å². The number of halogens is 1. The predicted molar refractivity (Wildman–Crippen MR) is 127 cm³/mol. The average molecular weight is 536 g/mol. The van der Waals surface area contributed by atoms with Crippen LogP contribution < -0.4 is 5.32 Å². The van der Waals surface area contributed by atoms with Crippen molar-refractivity contribution in [3.63, 3.8) is 0 Å². The number of hydrogen-bond donors (Lipinski definition) is 1. The fourth-order valence-corrected chi connectivity index (χ4v) is 5.53. The van der Waals surface area contributed by atoms with Gasteiger partial charge in [-0.3, -0.25) is 14.4 Å². The fourth-order valence-electron chi connectivity index (χ4n) is 3.66. The summed E-state index contributed by atoms with van der Waals surface area (Å²) in [6, 6.07) is 12.8. The largest absolute Gasteiger partial charge is 0.355 e. The summed E-state index contributed by atoms with van der Waals surface area (Å²) in [6.45, 7) is 4.03. The molecule has 1 aliphatic heterocycles. The monoisotopic (exact) mass is 535 g/mol. The molecule has 0 aromatic heterocycles. The van der Waals surface area contributed by atoms with Crippen molar-refractivity contribution in [2.45, 2.75) is 44.2 Å². The van der Waals surface area contributed by atoms with Gasteiger partial charge in [0.05, 0.1) is 5.56 Å². The van der Waals surface area contributed by atoms with Gasteiger partial charge in [-0.15, -0.1) is 0 Å². The average Bonchev–Trinajstić information content (AvgIpc) is 2.99. The van der Waals surface area contributed by atoms with E-state index < -0.39 is 22.0 Å². The van der Waals surface area contributed by atoms with E-state index in [2.05, 4.69) is 21.2 Å². The smallest absolute Gasteiger partial charge is 0.269 e. The molecule has 0 unspecified atom stereocenters. The van der Waals surface area contributed by atoms with Crippen LogP contribution in [0.25, 0.3) is 0 Å². The molecule has 8 nitrogen and oxygen atoms in total. The van der Waals surface area contributed by atoms with Gasteiger partial charge in [-0.05, 0) is 50.1 Å². The number of nitrogens with one attached hydrogen (secondary N) is 1. The molecule has 1 N–H and O–H groups in total. The zero-order valence-electron chi connectivity index (χ0n) is 18.5. The number of likely N-dealkylation sites (N-methyl/N-ethyl adjacent to an activating group) is 1. The summed E-state index contributed by atoms with van der Waals surface area (Å²) in [7, 11) is -3.91. The molecule has 0 saturated heterocycles. The van der Waals surface area contributed by atoms with Crippen LogP contribution in [-0.4, -0.2) is 54.5 Å². The third-order valence-corrected chi connectivity index (χ3v) is 7.82. The predicted octanol–water partition coefficient (Wildman–Crippen LogP) is 2.93. The molecule has 176 valence electrons. The lowest BCUT2D eigenvalue weighted by Gasteiger charge is -2.29. The zero-order valence-corrected chi connectivity index (χ0v) is 20.9. The standard InChI is InChI=1S/C23H26BrN3O5S/c1-3-25-22(29)16(2)26(15-17-10-12-18(24)13-11-17)21(28)9-6-14-27-23(30)19-7-4-5-8-20(19)33(27,31)32/h4-5,7-8,10-13,16H,3,6,9,14-15H2,1-2H3,(H,25,29)/t16-/m0/s1. The Kier molecular flexibility index (Phi) is 7.91. The van der Waals surface area contributed by atoms with E-state index in [9.17, 15) is 22.8 Å². The molecule has 2 aromatic rings. The van der Waals surface area contributed by atoms with E-state index in [0.29, 0.717) is 6.54 Å². The number of sulfonamides is 1. The van der Waals surface area contributed by atoms with Crippen molar-refractivity contribution in [2.24, 2.45) is 0 Å². The zero-order chi connectivity index (χ0) is 24.2. The number of amides is 3. The first-order chi connectivity index (χ1) is 15.7. The molecular formula is C23H26BrN3O5S. The van der Waals surface area contributed by atoms with Crippen molar-refractivity contribution < 1.29 is 22.8 Å². The Balaban J connectivity index is 1.70. The van der Waals surface area contributed by atoms with Crippen LogP contribution in [0.2, 0.25) is 0 Å². The van der Waals surface area contributed by atoms with E-state index in [4.69, 9.17) is 0 Å². The summed E-state index contributed by atoms with van der Waals surface area (Å²) in [5.74, 6) is -1.14. The van der Waals surface area contributed by atoms with E-state index in [0.717, 1.165) is 14.3 Å². The maximum absolute atomic E-state index is 13.1. The molecule has 0 fully saturated rings. The van der Waals surface area contributed by atoms with Gasteiger partial charge in [0.1, 0.15) is 10.9 Å². The third kappa shape index (κ3) is 5.44. The highest BCUT2D eigenvalue weighted by atomic mass is 79.9. The number of benzene rings is 2. The van der Waals surface area contributed by atoms with E-state index in [1.54, 1.807) is 26.0 Å². The van der Waals surface area contributed by atoms with Gasteiger partial charge >= 0.3 is 0 Å². The number of carbonyl (C=O) groups is 3. The highest BCUT2D eigenvalue weighted by molar-refractivity contribution is 9.10. The second-order valence-electron chi connectivity index (χ2n) is 7.70. The Morgan fingerprint density at radius 3 is 2.42 bits per heavy atom. The summed E-state index contributed by atoms with van der Waals surface area (Å²) >= 11 is 3.38. The van der Waals surface area contributed by atoms with Crippen molar-refractivity contribution in [1.29, 1.82) is 0 Å². The van der Waals surface area contributed by atoms with Gasteiger partial charge in [0.15, 0.2) is 0 Å². The van der Waals surface area contributed by atoms with Crippen LogP contribution in [0.15, 0.2) is 57.9 Å². The van der Waals surface area contributed by atoms with Crippen LogP contribution in [-0.2, 0) is 26.2 Å². The van der Waals surface area contributed by atoms with Gasteiger partial charge in [-0.2, -0.15) is 0 Å². The van der Waals surface area contributed by atoms with Crippen molar-refractivity contribution in [3.05, 3.63) is 64.1 Å². The summed E-state index contributed by atoms with van der Waals surface area (Å²) < 4.78 is 27.1. The molecule has 0 bridgehead atoms. The Hall–Kier alpha value is -2.72. The fraction of sp³-hybridized carbons (Fsp3) is 0.348. The Morgan fingerprint density at radius 1 is 1.12 bits per heavy atom. The maximum atomic E-state index is 13.1. The number of hydrogen-bond acceptors (Lipinski definition) is 5. The lowest BCUT2D eigenvalue weighted by atomic mass is 10.1. The number of carbonyl (C=O) groups excluding carboxylic acids is 3. The van der Waals surface area contributed by atoms with Gasteiger partial charge in [-0.25, -0.2) is 12.7 Å². The molecule has 0 spiro atoms. The molecule has 10 heteroatoms. The van der Waals surface area contributed by atoms with E-state index in [-0.39, 0.29) is 48.2 Å². The van der Waals surface area contributed by atoms with Crippen molar-refractivity contribution in [2.75, 3.05) is 13.1 Å². The Morgan fingerprint density at radius 2 is 1.79 bits per heavy atom. The van der Waals surface area contributed by atoms with E-state index >= 15 is 0 Å².